The zero-order valence-electron chi connectivity index (χ0n) is 12.0. The molecule has 0 radical (unpaired) electrons. The monoisotopic (exact) mass is 266 g/mol. The molecule has 1 N–H and O–H groups in total. The summed E-state index contributed by atoms with van der Waals surface area (Å²) in [6.07, 6.45) is 10.5. The lowest BCUT2D eigenvalue weighted by molar-refractivity contribution is 0.439. The maximum atomic E-state index is 5.40. The maximum Gasteiger partial charge on any atom is 0.177 e. The minimum Gasteiger partial charge on any atom is -0.337 e. The van der Waals surface area contributed by atoms with E-state index in [1.165, 1.54) is 44.2 Å². The molecule has 18 heavy (non-hydrogen) atoms. The molecule has 1 saturated carbocycles. The highest BCUT2D eigenvalue weighted by atomic mass is 32.1. The van der Waals surface area contributed by atoms with Crippen molar-refractivity contribution in [3.63, 3.8) is 0 Å². The second-order valence-electron chi connectivity index (χ2n) is 6.67. The number of nitrogens with zero attached hydrogens (tertiary/aromatic N) is 1. The summed E-state index contributed by atoms with van der Waals surface area (Å²) in [7, 11) is 0. The average Bonchev–Trinajstić information content (AvgIpc) is 2.88. The predicted octanol–water partition coefficient (Wildman–Crippen LogP) is 4.81. The molecule has 0 atom stereocenters. The molecule has 2 nitrogen and oxygen atoms in total. The van der Waals surface area contributed by atoms with E-state index in [9.17, 15) is 0 Å². The van der Waals surface area contributed by atoms with Gasteiger partial charge in [-0.1, -0.05) is 46.5 Å². The third kappa shape index (κ3) is 3.25. The molecule has 1 aromatic heterocycles. The highest BCUT2D eigenvalue weighted by Crippen LogP contribution is 2.29. The molecule has 1 heterocycles. The standard InChI is InChI=1S/C15H26N2S/c1-15(2,3)13-11-16-14(18)17(13)10-6-9-12-7-4-5-8-12/h11-12H,4-10H2,1-3H3,(H,16,18). The minimum absolute atomic E-state index is 0.168. The van der Waals surface area contributed by atoms with Gasteiger partial charge < -0.3 is 9.55 Å². The number of rotatable bonds is 4. The Kier molecular flexibility index (Phi) is 4.31. The number of hydrogen-bond donors (Lipinski definition) is 1. The van der Waals surface area contributed by atoms with Crippen molar-refractivity contribution in [1.82, 2.24) is 9.55 Å². The summed E-state index contributed by atoms with van der Waals surface area (Å²) in [6, 6.07) is 0. The van der Waals surface area contributed by atoms with Crippen molar-refractivity contribution in [1.29, 1.82) is 0 Å². The quantitative estimate of drug-likeness (QED) is 0.775. The first-order valence-corrected chi connectivity index (χ1v) is 7.68. The first kappa shape index (κ1) is 13.9. The first-order valence-electron chi connectivity index (χ1n) is 7.27. The molecule has 2 rings (SSSR count). The van der Waals surface area contributed by atoms with Gasteiger partial charge in [0.05, 0.1) is 0 Å². The van der Waals surface area contributed by atoms with Gasteiger partial charge in [0, 0.05) is 23.9 Å². The van der Waals surface area contributed by atoms with Gasteiger partial charge in [0.15, 0.2) is 4.77 Å². The van der Waals surface area contributed by atoms with Gasteiger partial charge >= 0.3 is 0 Å². The molecule has 1 aliphatic carbocycles. The predicted molar refractivity (Wildman–Crippen MR) is 79.5 cm³/mol. The first-order chi connectivity index (χ1) is 8.48. The number of hydrogen-bond acceptors (Lipinski definition) is 1. The molecule has 0 bridgehead atoms. The van der Waals surface area contributed by atoms with Crippen molar-refractivity contribution in [3.8, 4) is 0 Å². The fourth-order valence-corrected chi connectivity index (χ4v) is 3.32. The lowest BCUT2D eigenvalue weighted by atomic mass is 9.92. The molecule has 0 aromatic carbocycles. The SMILES string of the molecule is CC(C)(C)c1c[nH]c(=S)n1CCCC1CCCC1. The van der Waals surface area contributed by atoms with Gasteiger partial charge in [0.2, 0.25) is 0 Å². The zero-order valence-corrected chi connectivity index (χ0v) is 12.8. The van der Waals surface area contributed by atoms with Crippen LogP contribution in [0.2, 0.25) is 0 Å². The lowest BCUT2D eigenvalue weighted by Crippen LogP contribution is -2.18. The lowest BCUT2D eigenvalue weighted by Gasteiger charge is -2.21. The molecule has 0 aliphatic heterocycles. The van der Waals surface area contributed by atoms with Crippen LogP contribution in [0.5, 0.6) is 0 Å². The Morgan fingerprint density at radius 3 is 2.61 bits per heavy atom. The summed E-state index contributed by atoms with van der Waals surface area (Å²) in [5.41, 5.74) is 1.50. The van der Waals surface area contributed by atoms with Crippen LogP contribution in [0.3, 0.4) is 0 Å². The van der Waals surface area contributed by atoms with E-state index < -0.39 is 0 Å². The van der Waals surface area contributed by atoms with E-state index in [0.29, 0.717) is 0 Å². The highest BCUT2D eigenvalue weighted by Gasteiger charge is 2.19. The molecule has 1 aliphatic rings. The van der Waals surface area contributed by atoms with E-state index in [1.54, 1.807) is 0 Å². The fraction of sp³-hybridized carbons (Fsp3) is 0.800. The van der Waals surface area contributed by atoms with Gasteiger partial charge in [-0.15, -0.1) is 0 Å². The van der Waals surface area contributed by atoms with E-state index in [1.807, 2.05) is 0 Å². The fourth-order valence-electron chi connectivity index (χ4n) is 3.08. The molecular formula is C15H26N2S. The molecule has 3 heteroatoms. The highest BCUT2D eigenvalue weighted by molar-refractivity contribution is 7.71. The van der Waals surface area contributed by atoms with Crippen molar-refractivity contribution in [2.45, 2.75) is 71.3 Å². The number of H-pyrrole nitrogens is 1. The second kappa shape index (κ2) is 5.60. The van der Waals surface area contributed by atoms with E-state index in [0.717, 1.165) is 17.2 Å². The van der Waals surface area contributed by atoms with E-state index in [-0.39, 0.29) is 5.41 Å². The van der Waals surface area contributed by atoms with Crippen LogP contribution in [0.15, 0.2) is 6.20 Å². The number of aromatic amines is 1. The van der Waals surface area contributed by atoms with Crippen LogP contribution in [0, 0.1) is 10.7 Å². The summed E-state index contributed by atoms with van der Waals surface area (Å²) in [5, 5.41) is 0. The van der Waals surface area contributed by atoms with Gasteiger partial charge in [-0.3, -0.25) is 0 Å². The molecule has 0 spiro atoms. The topological polar surface area (TPSA) is 20.7 Å². The van der Waals surface area contributed by atoms with Crippen molar-refractivity contribution >= 4 is 12.2 Å². The van der Waals surface area contributed by atoms with Crippen molar-refractivity contribution in [2.24, 2.45) is 5.92 Å². The number of imidazole rings is 1. The van der Waals surface area contributed by atoms with E-state index in [2.05, 4.69) is 36.5 Å². The number of nitrogens with one attached hydrogen (secondary N) is 1. The van der Waals surface area contributed by atoms with Crippen LogP contribution in [0.1, 0.15) is 65.0 Å². The van der Waals surface area contributed by atoms with Crippen LogP contribution < -0.4 is 0 Å². The average molecular weight is 266 g/mol. The second-order valence-corrected chi connectivity index (χ2v) is 7.06. The normalized spacial score (nSPS) is 17.5. The zero-order chi connectivity index (χ0) is 13.2. The van der Waals surface area contributed by atoms with Gasteiger partial charge in [-0.25, -0.2) is 0 Å². The van der Waals surface area contributed by atoms with Crippen LogP contribution in [-0.2, 0) is 12.0 Å². The third-order valence-electron chi connectivity index (χ3n) is 4.11. The summed E-state index contributed by atoms with van der Waals surface area (Å²) >= 11 is 5.40. The van der Waals surface area contributed by atoms with E-state index in [4.69, 9.17) is 12.2 Å². The van der Waals surface area contributed by atoms with Gasteiger partial charge in [-0.2, -0.15) is 0 Å². The van der Waals surface area contributed by atoms with Gasteiger partial charge in [0.25, 0.3) is 0 Å². The Balaban J connectivity index is 1.96. The summed E-state index contributed by atoms with van der Waals surface area (Å²) < 4.78 is 3.18. The third-order valence-corrected chi connectivity index (χ3v) is 4.44. The molecule has 0 saturated heterocycles. The van der Waals surface area contributed by atoms with E-state index >= 15 is 0 Å². The van der Waals surface area contributed by atoms with Crippen molar-refractivity contribution in [3.05, 3.63) is 16.7 Å². The molecule has 0 amide bonds. The summed E-state index contributed by atoms with van der Waals surface area (Å²) in [6.45, 7) is 7.82. The molecule has 102 valence electrons. The summed E-state index contributed by atoms with van der Waals surface area (Å²) in [5.74, 6) is 0.983. The Hall–Kier alpha value is -0.570. The molecular weight excluding hydrogens is 240 g/mol. The largest absolute Gasteiger partial charge is 0.337 e. The Bertz CT molecular complexity index is 430. The van der Waals surface area contributed by atoms with Crippen LogP contribution in [-0.4, -0.2) is 9.55 Å². The Morgan fingerprint density at radius 2 is 2.00 bits per heavy atom. The molecule has 1 aromatic rings. The van der Waals surface area contributed by atoms with Crippen LogP contribution in [0.25, 0.3) is 0 Å². The maximum absolute atomic E-state index is 5.40. The Labute approximate surface area is 116 Å². The smallest absolute Gasteiger partial charge is 0.177 e. The van der Waals surface area contributed by atoms with Crippen LogP contribution >= 0.6 is 12.2 Å². The summed E-state index contributed by atoms with van der Waals surface area (Å²) in [4.78, 5) is 3.20. The Morgan fingerprint density at radius 1 is 1.33 bits per heavy atom. The molecule has 0 unspecified atom stereocenters. The van der Waals surface area contributed by atoms with Crippen molar-refractivity contribution in [2.75, 3.05) is 0 Å². The van der Waals surface area contributed by atoms with Gasteiger partial charge in [0.1, 0.15) is 0 Å². The minimum atomic E-state index is 0.168. The van der Waals surface area contributed by atoms with Crippen molar-refractivity contribution < 1.29 is 0 Å². The number of aromatic nitrogens is 2. The molecule has 1 fully saturated rings. The van der Waals surface area contributed by atoms with Gasteiger partial charge in [-0.05, 0) is 31.0 Å². The van der Waals surface area contributed by atoms with Crippen LogP contribution in [0.4, 0.5) is 0 Å².